The normalized spacial score (nSPS) is 13.0. The van der Waals surface area contributed by atoms with Gasteiger partial charge in [0.25, 0.3) is 0 Å². The van der Waals surface area contributed by atoms with Crippen LogP contribution in [0.2, 0.25) is 0 Å². The molecule has 3 N–H and O–H groups in total. The van der Waals surface area contributed by atoms with Crippen LogP contribution in [0.15, 0.2) is 48.6 Å². The minimum absolute atomic E-state index is 0.0302. The summed E-state index contributed by atoms with van der Waals surface area (Å²) in [6, 6.07) is -0.554. The van der Waals surface area contributed by atoms with Gasteiger partial charge in [0.1, 0.15) is 0 Å². The lowest BCUT2D eigenvalue weighted by atomic mass is 10.0. The van der Waals surface area contributed by atoms with Gasteiger partial charge in [0.15, 0.2) is 0 Å². The van der Waals surface area contributed by atoms with E-state index in [-0.39, 0.29) is 18.5 Å². The molecular weight excluding hydrogens is 767 g/mol. The fourth-order valence-electron chi connectivity index (χ4n) is 7.93. The summed E-state index contributed by atoms with van der Waals surface area (Å²) in [5, 5.41) is 23.2. The molecule has 362 valence electrons. The highest BCUT2D eigenvalue weighted by atomic mass is 16.5. The zero-order valence-electron chi connectivity index (χ0n) is 41.1. The van der Waals surface area contributed by atoms with Crippen LogP contribution in [0.3, 0.4) is 0 Å². The molecule has 0 aliphatic rings. The van der Waals surface area contributed by atoms with Crippen molar-refractivity contribution in [1.82, 2.24) is 5.32 Å². The smallest absolute Gasteiger partial charge is 0.305 e. The van der Waals surface area contributed by atoms with Crippen LogP contribution in [-0.4, -0.2) is 47.4 Å². The molecule has 0 spiro atoms. The molecule has 62 heavy (non-hydrogen) atoms. The molecule has 6 heteroatoms. The largest absolute Gasteiger partial charge is 0.466 e. The van der Waals surface area contributed by atoms with Gasteiger partial charge in [-0.2, -0.15) is 0 Å². The molecule has 6 nitrogen and oxygen atoms in total. The lowest BCUT2D eigenvalue weighted by molar-refractivity contribution is -0.143. The lowest BCUT2D eigenvalue weighted by Gasteiger charge is -2.22. The summed E-state index contributed by atoms with van der Waals surface area (Å²) in [5.74, 6) is -0.0830. The maximum Gasteiger partial charge on any atom is 0.305 e. The van der Waals surface area contributed by atoms with E-state index in [0.717, 1.165) is 96.3 Å². The SMILES string of the molecule is CCCCC/C=C\C/C=C\CCCCCCCC(=O)OCCCCC/C=C\C/C=C\CCCCCCCCCC(=O)NC(CO)C(O)CCCCCCCCCCCCCCC. The van der Waals surface area contributed by atoms with E-state index in [4.69, 9.17) is 4.74 Å². The fraction of sp³-hybridized carbons (Fsp3) is 0.821. The average molecular weight is 870 g/mol. The van der Waals surface area contributed by atoms with E-state index in [1.54, 1.807) is 0 Å². The van der Waals surface area contributed by atoms with Crippen LogP contribution in [-0.2, 0) is 14.3 Å². The molecule has 2 atom stereocenters. The summed E-state index contributed by atoms with van der Waals surface area (Å²) in [5.41, 5.74) is 0. The molecule has 0 aromatic carbocycles. The highest BCUT2D eigenvalue weighted by molar-refractivity contribution is 5.76. The Hall–Kier alpha value is -2.18. The van der Waals surface area contributed by atoms with Crippen molar-refractivity contribution in [2.45, 2.75) is 283 Å². The first kappa shape index (κ1) is 59.8. The highest BCUT2D eigenvalue weighted by Gasteiger charge is 2.20. The third kappa shape index (κ3) is 47.3. The summed E-state index contributed by atoms with van der Waals surface area (Å²) >= 11 is 0. The van der Waals surface area contributed by atoms with Crippen molar-refractivity contribution in [3.05, 3.63) is 48.6 Å². The predicted molar refractivity (Wildman–Crippen MR) is 269 cm³/mol. The van der Waals surface area contributed by atoms with E-state index in [1.807, 2.05) is 0 Å². The van der Waals surface area contributed by atoms with Gasteiger partial charge in [0.05, 0.1) is 25.4 Å². The van der Waals surface area contributed by atoms with Gasteiger partial charge in [-0.1, -0.05) is 210 Å². The number of amides is 1. The summed E-state index contributed by atoms with van der Waals surface area (Å²) < 4.78 is 5.44. The molecule has 2 unspecified atom stereocenters. The topological polar surface area (TPSA) is 95.9 Å². The molecule has 0 saturated carbocycles. The van der Waals surface area contributed by atoms with Gasteiger partial charge in [-0.3, -0.25) is 9.59 Å². The van der Waals surface area contributed by atoms with E-state index in [1.165, 1.54) is 141 Å². The zero-order chi connectivity index (χ0) is 45.1. The molecule has 0 rings (SSSR count). The molecule has 0 bridgehead atoms. The van der Waals surface area contributed by atoms with Crippen molar-refractivity contribution >= 4 is 11.9 Å². The second-order valence-corrected chi connectivity index (χ2v) is 18.2. The Morgan fingerprint density at radius 3 is 1.26 bits per heavy atom. The monoisotopic (exact) mass is 870 g/mol. The Kier molecular flexibility index (Phi) is 49.6. The van der Waals surface area contributed by atoms with Gasteiger partial charge in [0, 0.05) is 12.8 Å². The Morgan fingerprint density at radius 1 is 0.452 bits per heavy atom. The third-order valence-electron chi connectivity index (χ3n) is 12.1. The number of unbranched alkanes of at least 4 members (excludes halogenated alkanes) is 30. The molecule has 1 amide bonds. The molecule has 0 aliphatic heterocycles. The number of nitrogens with one attached hydrogen (secondary N) is 1. The van der Waals surface area contributed by atoms with Gasteiger partial charge in [-0.15, -0.1) is 0 Å². The van der Waals surface area contributed by atoms with Crippen LogP contribution < -0.4 is 5.32 Å². The van der Waals surface area contributed by atoms with E-state index in [2.05, 4.69) is 67.8 Å². The van der Waals surface area contributed by atoms with Crippen LogP contribution in [0.25, 0.3) is 0 Å². The van der Waals surface area contributed by atoms with Gasteiger partial charge in [-0.25, -0.2) is 0 Å². The molecule has 0 aromatic heterocycles. The third-order valence-corrected chi connectivity index (χ3v) is 12.1. The second kappa shape index (κ2) is 51.5. The zero-order valence-corrected chi connectivity index (χ0v) is 41.1. The molecular formula is C56H103NO5. The van der Waals surface area contributed by atoms with Crippen molar-refractivity contribution in [2.75, 3.05) is 13.2 Å². The molecule has 0 heterocycles. The fourth-order valence-corrected chi connectivity index (χ4v) is 7.93. The van der Waals surface area contributed by atoms with E-state index < -0.39 is 12.1 Å². The van der Waals surface area contributed by atoms with Crippen LogP contribution in [0.1, 0.15) is 271 Å². The Balaban J connectivity index is 3.52. The number of rotatable bonds is 49. The Morgan fingerprint density at radius 2 is 0.806 bits per heavy atom. The van der Waals surface area contributed by atoms with Crippen LogP contribution >= 0.6 is 0 Å². The van der Waals surface area contributed by atoms with Gasteiger partial charge < -0.3 is 20.3 Å². The Labute approximate surface area is 385 Å². The summed E-state index contributed by atoms with van der Waals surface area (Å²) in [6.07, 6.45) is 63.7. The predicted octanol–water partition coefficient (Wildman–Crippen LogP) is 16.2. The number of hydrogen-bond donors (Lipinski definition) is 3. The summed E-state index contributed by atoms with van der Waals surface area (Å²) in [7, 11) is 0. The molecule has 0 aliphatic carbocycles. The van der Waals surface area contributed by atoms with Crippen LogP contribution in [0.5, 0.6) is 0 Å². The van der Waals surface area contributed by atoms with E-state index in [0.29, 0.717) is 25.9 Å². The second-order valence-electron chi connectivity index (χ2n) is 18.2. The van der Waals surface area contributed by atoms with Crippen molar-refractivity contribution in [3.8, 4) is 0 Å². The first-order valence-electron chi connectivity index (χ1n) is 26.9. The van der Waals surface area contributed by atoms with Gasteiger partial charge in [-0.05, 0) is 96.3 Å². The standard InChI is InChI=1S/C56H103NO5/c1-3-5-7-9-11-13-15-17-21-26-30-34-38-42-46-50-56(61)62-51-47-43-39-35-31-27-23-20-18-19-22-25-29-33-37-41-45-49-55(60)57-53(52-58)54(59)48-44-40-36-32-28-24-16-14-12-10-8-6-4-2/h11,13,17-18,20-21,27,31,53-54,58-59H,3-10,12,14-16,19,22-26,28-30,32-52H2,1-2H3,(H,57,60)/b13-11-,20-18-,21-17-,31-27-. The maximum absolute atomic E-state index is 12.4. The molecule has 0 fully saturated rings. The minimum atomic E-state index is -0.675. The minimum Gasteiger partial charge on any atom is -0.466 e. The van der Waals surface area contributed by atoms with Crippen molar-refractivity contribution in [3.63, 3.8) is 0 Å². The number of ether oxygens (including phenoxy) is 1. The number of carbonyl (C=O) groups is 2. The lowest BCUT2D eigenvalue weighted by Crippen LogP contribution is -2.45. The molecule has 0 saturated heterocycles. The first-order valence-corrected chi connectivity index (χ1v) is 26.9. The quantitative estimate of drug-likeness (QED) is 0.0322. The Bertz CT molecular complexity index is 1050. The van der Waals surface area contributed by atoms with Crippen LogP contribution in [0, 0.1) is 0 Å². The maximum atomic E-state index is 12.4. The number of aliphatic hydroxyl groups is 2. The first-order chi connectivity index (χ1) is 30.5. The van der Waals surface area contributed by atoms with Crippen molar-refractivity contribution in [1.29, 1.82) is 0 Å². The summed E-state index contributed by atoms with van der Waals surface area (Å²) in [6.45, 7) is 4.86. The van der Waals surface area contributed by atoms with Crippen LogP contribution in [0.4, 0.5) is 0 Å². The average Bonchev–Trinajstić information content (AvgIpc) is 3.27. The van der Waals surface area contributed by atoms with Gasteiger partial charge in [0.2, 0.25) is 5.91 Å². The van der Waals surface area contributed by atoms with E-state index in [9.17, 15) is 19.8 Å². The van der Waals surface area contributed by atoms with Gasteiger partial charge >= 0.3 is 5.97 Å². The number of hydrogen-bond acceptors (Lipinski definition) is 5. The number of aliphatic hydroxyl groups excluding tert-OH is 2. The highest BCUT2D eigenvalue weighted by Crippen LogP contribution is 2.16. The number of carbonyl (C=O) groups excluding carboxylic acids is 2. The summed E-state index contributed by atoms with van der Waals surface area (Å²) in [4.78, 5) is 24.5. The van der Waals surface area contributed by atoms with Crippen molar-refractivity contribution < 1.29 is 24.5 Å². The number of esters is 1. The molecule has 0 radical (unpaired) electrons. The molecule has 0 aromatic rings. The van der Waals surface area contributed by atoms with E-state index >= 15 is 0 Å². The number of allylic oxidation sites excluding steroid dienone is 8. The van der Waals surface area contributed by atoms with Crippen molar-refractivity contribution in [2.24, 2.45) is 0 Å².